The fourth-order valence-corrected chi connectivity index (χ4v) is 3.19. The fourth-order valence-electron chi connectivity index (χ4n) is 2.75. The van der Waals surface area contributed by atoms with Crippen LogP contribution in [0.25, 0.3) is 0 Å². The molecule has 20 heavy (non-hydrogen) atoms. The van der Waals surface area contributed by atoms with Gasteiger partial charge in [0.25, 0.3) is 5.91 Å². The van der Waals surface area contributed by atoms with Crippen molar-refractivity contribution in [3.8, 4) is 0 Å². The molecule has 0 aromatic heterocycles. The van der Waals surface area contributed by atoms with Crippen LogP contribution in [0.3, 0.4) is 0 Å². The van der Waals surface area contributed by atoms with Crippen LogP contribution < -0.4 is 5.32 Å². The van der Waals surface area contributed by atoms with E-state index in [1.165, 1.54) is 0 Å². The molecular weight excluding hydrogens is 322 g/mol. The molecular formula is C15H18BrNO3. The Morgan fingerprint density at radius 1 is 1.40 bits per heavy atom. The van der Waals surface area contributed by atoms with Gasteiger partial charge in [0.15, 0.2) is 0 Å². The molecule has 5 heteroatoms. The van der Waals surface area contributed by atoms with Gasteiger partial charge in [-0.25, -0.2) is 0 Å². The van der Waals surface area contributed by atoms with Gasteiger partial charge in [-0.15, -0.1) is 0 Å². The summed E-state index contributed by atoms with van der Waals surface area (Å²) in [4.78, 5) is 23.3. The van der Waals surface area contributed by atoms with Crippen LogP contribution in [-0.2, 0) is 4.79 Å². The molecule has 0 radical (unpaired) electrons. The Kier molecular flexibility index (Phi) is 4.81. The molecule has 1 amide bonds. The van der Waals surface area contributed by atoms with Crippen molar-refractivity contribution in [2.75, 3.05) is 6.54 Å². The fraction of sp³-hybridized carbons (Fsp3) is 0.467. The Morgan fingerprint density at radius 2 is 2.15 bits per heavy atom. The van der Waals surface area contributed by atoms with Crippen LogP contribution >= 0.6 is 15.9 Å². The van der Waals surface area contributed by atoms with Crippen molar-refractivity contribution in [2.24, 2.45) is 11.8 Å². The zero-order valence-corrected chi connectivity index (χ0v) is 12.9. The average Bonchev–Trinajstić information content (AvgIpc) is 2.87. The molecule has 1 aromatic carbocycles. The zero-order valence-electron chi connectivity index (χ0n) is 11.4. The second-order valence-electron chi connectivity index (χ2n) is 5.28. The van der Waals surface area contributed by atoms with Gasteiger partial charge >= 0.3 is 5.97 Å². The summed E-state index contributed by atoms with van der Waals surface area (Å²) in [6.07, 6.45) is 2.50. The molecule has 2 rings (SSSR count). The number of hydrogen-bond acceptors (Lipinski definition) is 2. The van der Waals surface area contributed by atoms with Crippen molar-refractivity contribution in [2.45, 2.75) is 26.2 Å². The average molecular weight is 340 g/mol. The third kappa shape index (κ3) is 3.20. The van der Waals surface area contributed by atoms with Crippen molar-refractivity contribution in [3.63, 3.8) is 0 Å². The molecule has 0 saturated heterocycles. The van der Waals surface area contributed by atoms with Crippen molar-refractivity contribution < 1.29 is 14.7 Å². The van der Waals surface area contributed by atoms with E-state index >= 15 is 0 Å². The first-order valence-electron chi connectivity index (χ1n) is 6.77. The number of carboxylic acids is 1. The van der Waals surface area contributed by atoms with Gasteiger partial charge in [-0.1, -0.05) is 18.6 Å². The van der Waals surface area contributed by atoms with Gasteiger partial charge in [-0.3, -0.25) is 9.59 Å². The van der Waals surface area contributed by atoms with Crippen LogP contribution in [-0.4, -0.2) is 23.5 Å². The maximum Gasteiger partial charge on any atom is 0.306 e. The predicted molar refractivity (Wildman–Crippen MR) is 79.7 cm³/mol. The van der Waals surface area contributed by atoms with Crippen LogP contribution in [0.4, 0.5) is 0 Å². The van der Waals surface area contributed by atoms with Crippen molar-refractivity contribution >= 4 is 27.8 Å². The maximum absolute atomic E-state index is 12.2. The molecule has 1 saturated carbocycles. The number of carbonyl (C=O) groups excluding carboxylic acids is 1. The summed E-state index contributed by atoms with van der Waals surface area (Å²) in [5.74, 6) is -1.19. The number of carbonyl (C=O) groups is 2. The molecule has 1 aliphatic carbocycles. The van der Waals surface area contributed by atoms with Crippen LogP contribution in [0.15, 0.2) is 22.7 Å². The topological polar surface area (TPSA) is 66.4 Å². The van der Waals surface area contributed by atoms with E-state index in [0.29, 0.717) is 18.5 Å². The number of amides is 1. The Hall–Kier alpha value is -1.36. The molecule has 0 bridgehead atoms. The minimum Gasteiger partial charge on any atom is -0.481 e. The minimum atomic E-state index is -0.751. The molecule has 0 aliphatic heterocycles. The van der Waals surface area contributed by atoms with Crippen molar-refractivity contribution in [1.82, 2.24) is 5.32 Å². The summed E-state index contributed by atoms with van der Waals surface area (Å²) < 4.78 is 0.790. The van der Waals surface area contributed by atoms with Crippen LogP contribution in [0.2, 0.25) is 0 Å². The van der Waals surface area contributed by atoms with E-state index in [-0.39, 0.29) is 17.7 Å². The molecule has 0 heterocycles. The number of nitrogens with one attached hydrogen (secondary N) is 1. The summed E-state index contributed by atoms with van der Waals surface area (Å²) in [5.41, 5.74) is 1.59. The van der Waals surface area contributed by atoms with Crippen molar-refractivity contribution in [3.05, 3.63) is 33.8 Å². The van der Waals surface area contributed by atoms with Crippen molar-refractivity contribution in [1.29, 1.82) is 0 Å². The third-order valence-corrected chi connectivity index (χ3v) is 4.99. The summed E-state index contributed by atoms with van der Waals surface area (Å²) in [5, 5.41) is 12.0. The second kappa shape index (κ2) is 6.39. The smallest absolute Gasteiger partial charge is 0.306 e. The predicted octanol–water partition coefficient (Wildman–Crippen LogP) is 2.99. The summed E-state index contributed by atoms with van der Waals surface area (Å²) in [6.45, 7) is 2.36. The molecule has 1 fully saturated rings. The number of aryl methyl sites for hydroxylation is 1. The highest BCUT2D eigenvalue weighted by Crippen LogP contribution is 2.31. The molecule has 1 aliphatic rings. The van der Waals surface area contributed by atoms with Gasteiger partial charge < -0.3 is 10.4 Å². The molecule has 2 N–H and O–H groups in total. The van der Waals surface area contributed by atoms with Gasteiger partial charge in [0, 0.05) is 11.0 Å². The first-order chi connectivity index (χ1) is 9.50. The van der Waals surface area contributed by atoms with E-state index < -0.39 is 5.97 Å². The molecule has 0 spiro atoms. The Balaban J connectivity index is 1.99. The minimum absolute atomic E-state index is 0.0417. The molecule has 108 valence electrons. The van der Waals surface area contributed by atoms with Gasteiger partial charge in [-0.05, 0) is 53.2 Å². The second-order valence-corrected chi connectivity index (χ2v) is 6.08. The van der Waals surface area contributed by atoms with E-state index in [0.717, 1.165) is 22.9 Å². The van der Waals surface area contributed by atoms with E-state index in [9.17, 15) is 9.59 Å². The number of benzene rings is 1. The van der Waals surface area contributed by atoms with Gasteiger partial charge in [0.2, 0.25) is 0 Å². The number of aliphatic carboxylic acids is 1. The molecule has 2 unspecified atom stereocenters. The highest BCUT2D eigenvalue weighted by atomic mass is 79.9. The lowest BCUT2D eigenvalue weighted by molar-refractivity contribution is -0.142. The van der Waals surface area contributed by atoms with Gasteiger partial charge in [-0.2, -0.15) is 0 Å². The Bertz CT molecular complexity index is 530. The van der Waals surface area contributed by atoms with Crippen LogP contribution in [0.5, 0.6) is 0 Å². The highest BCUT2D eigenvalue weighted by Gasteiger charge is 2.32. The number of rotatable bonds is 4. The standard InChI is InChI=1S/C15H18BrNO3/c1-9-4-2-7-12(13(9)16)14(18)17-8-10-5-3-6-11(10)15(19)20/h2,4,7,10-11H,3,5-6,8H2,1H3,(H,17,18)(H,19,20). The molecule has 1 aromatic rings. The SMILES string of the molecule is Cc1cccc(C(=O)NCC2CCCC2C(=O)O)c1Br. The van der Waals surface area contributed by atoms with E-state index in [1.807, 2.05) is 19.1 Å². The number of hydrogen-bond donors (Lipinski definition) is 2. The van der Waals surface area contributed by atoms with Gasteiger partial charge in [0.1, 0.15) is 0 Å². The third-order valence-electron chi connectivity index (χ3n) is 3.94. The molecule has 2 atom stereocenters. The normalized spacial score (nSPS) is 21.7. The summed E-state index contributed by atoms with van der Waals surface area (Å²) >= 11 is 3.41. The van der Waals surface area contributed by atoms with Crippen LogP contribution in [0, 0.1) is 18.8 Å². The first-order valence-corrected chi connectivity index (χ1v) is 7.56. The lowest BCUT2D eigenvalue weighted by atomic mass is 9.96. The summed E-state index contributed by atoms with van der Waals surface area (Å²) in [7, 11) is 0. The van der Waals surface area contributed by atoms with Gasteiger partial charge in [0.05, 0.1) is 11.5 Å². The first kappa shape index (κ1) is 15.0. The van der Waals surface area contributed by atoms with Crippen LogP contribution in [0.1, 0.15) is 35.2 Å². The Labute approximate surface area is 126 Å². The zero-order chi connectivity index (χ0) is 14.7. The monoisotopic (exact) mass is 339 g/mol. The Morgan fingerprint density at radius 3 is 2.85 bits per heavy atom. The quantitative estimate of drug-likeness (QED) is 0.886. The van der Waals surface area contributed by atoms with E-state index in [2.05, 4.69) is 21.2 Å². The van der Waals surface area contributed by atoms with E-state index in [4.69, 9.17) is 5.11 Å². The summed E-state index contributed by atoms with van der Waals surface area (Å²) in [6, 6.07) is 5.53. The lowest BCUT2D eigenvalue weighted by Crippen LogP contribution is -2.33. The number of carboxylic acid groups (broad SMARTS) is 1. The largest absolute Gasteiger partial charge is 0.481 e. The highest BCUT2D eigenvalue weighted by molar-refractivity contribution is 9.10. The van der Waals surface area contributed by atoms with E-state index in [1.54, 1.807) is 6.07 Å². The lowest BCUT2D eigenvalue weighted by Gasteiger charge is -2.16. The number of halogens is 1. The maximum atomic E-state index is 12.2. The molecule has 4 nitrogen and oxygen atoms in total.